The van der Waals surface area contributed by atoms with Gasteiger partial charge in [-0.3, -0.25) is 0 Å². The molecule has 0 fully saturated rings. The second kappa shape index (κ2) is 10.9. The molecule has 3 nitrogen and oxygen atoms in total. The first kappa shape index (κ1) is 28.9. The van der Waals surface area contributed by atoms with Crippen LogP contribution < -0.4 is 30.6 Å². The molecule has 0 radical (unpaired) electrons. The molecule has 0 bridgehead atoms. The number of fused-ring (bicyclic) bond motifs is 3. The summed E-state index contributed by atoms with van der Waals surface area (Å²) in [5.74, 6) is 5.04. The highest BCUT2D eigenvalue weighted by Crippen LogP contribution is 2.47. The van der Waals surface area contributed by atoms with Gasteiger partial charge in [-0.25, -0.2) is 0 Å². The normalized spacial score (nSPS) is 13.2. The minimum atomic E-state index is 0.0164. The van der Waals surface area contributed by atoms with E-state index in [4.69, 9.17) is 14.2 Å². The van der Waals surface area contributed by atoms with Crippen LogP contribution in [0.5, 0.6) is 34.5 Å². The zero-order chi connectivity index (χ0) is 34.6. The summed E-state index contributed by atoms with van der Waals surface area (Å²) in [4.78, 5) is 0. The van der Waals surface area contributed by atoms with Gasteiger partial charge < -0.3 is 14.2 Å². The van der Waals surface area contributed by atoms with E-state index in [0.29, 0.717) is 0 Å². The minimum absolute atomic E-state index is 0.0164. The molecule has 0 spiro atoms. The maximum absolute atomic E-state index is 6.60. The van der Waals surface area contributed by atoms with Crippen molar-refractivity contribution in [1.82, 2.24) is 0 Å². The third kappa shape index (κ3) is 4.24. The van der Waals surface area contributed by atoms with Crippen molar-refractivity contribution < 1.29 is 14.2 Å². The van der Waals surface area contributed by atoms with Crippen LogP contribution in [0.15, 0.2) is 164 Å². The summed E-state index contributed by atoms with van der Waals surface area (Å²) in [5.41, 5.74) is 18.3. The summed E-state index contributed by atoms with van der Waals surface area (Å²) in [6, 6.07) is 58.5. The van der Waals surface area contributed by atoms with Crippen molar-refractivity contribution in [3.05, 3.63) is 175 Å². The lowest BCUT2D eigenvalue weighted by molar-refractivity contribution is 0.443. The van der Waals surface area contributed by atoms with Crippen molar-refractivity contribution in [1.29, 1.82) is 0 Å². The van der Waals surface area contributed by atoms with Gasteiger partial charge in [0, 0.05) is 16.4 Å². The van der Waals surface area contributed by atoms with Gasteiger partial charge in [-0.2, -0.15) is 0 Å². The Morgan fingerprint density at radius 2 is 0.736 bits per heavy atom. The predicted molar refractivity (Wildman–Crippen MR) is 214 cm³/mol. The van der Waals surface area contributed by atoms with Crippen LogP contribution in [0.1, 0.15) is 11.1 Å². The van der Waals surface area contributed by atoms with E-state index in [2.05, 4.69) is 127 Å². The summed E-state index contributed by atoms with van der Waals surface area (Å²) >= 11 is 0. The topological polar surface area (TPSA) is 27.7 Å². The van der Waals surface area contributed by atoms with E-state index in [9.17, 15) is 0 Å². The van der Waals surface area contributed by atoms with E-state index in [1.165, 1.54) is 55.6 Å². The molecule has 3 aliphatic heterocycles. The Kier molecular flexibility index (Phi) is 5.92. The first-order valence-electron chi connectivity index (χ1n) is 18.2. The van der Waals surface area contributed by atoms with Gasteiger partial charge in [0.05, 0.1) is 0 Å². The van der Waals surface area contributed by atoms with Gasteiger partial charge in [-0.1, -0.05) is 121 Å². The lowest BCUT2D eigenvalue weighted by Gasteiger charge is -2.37. The van der Waals surface area contributed by atoms with Crippen LogP contribution >= 0.6 is 0 Å². The maximum Gasteiger partial charge on any atom is 0.270 e. The van der Waals surface area contributed by atoms with Crippen molar-refractivity contribution >= 4 is 23.1 Å². The van der Waals surface area contributed by atoms with Gasteiger partial charge in [0.2, 0.25) is 0 Å². The Balaban J connectivity index is 0.899. The minimum Gasteiger partial charge on any atom is -0.458 e. The molecule has 246 valence electrons. The van der Waals surface area contributed by atoms with Crippen LogP contribution in [0.2, 0.25) is 0 Å². The fraction of sp³-hybridized carbons (Fsp3) is 0.0204. The fourth-order valence-corrected chi connectivity index (χ4v) is 9.10. The van der Waals surface area contributed by atoms with E-state index in [0.717, 1.165) is 68.4 Å². The van der Waals surface area contributed by atoms with Crippen LogP contribution in [-0.4, -0.2) is 6.71 Å². The molecule has 0 saturated heterocycles. The lowest BCUT2D eigenvalue weighted by Crippen LogP contribution is -2.59. The van der Waals surface area contributed by atoms with Crippen LogP contribution in [0.25, 0.3) is 55.6 Å². The first-order chi connectivity index (χ1) is 26.2. The monoisotopic (exact) mass is 676 g/mol. The summed E-state index contributed by atoms with van der Waals surface area (Å²) < 4.78 is 19.5. The van der Waals surface area contributed by atoms with Crippen molar-refractivity contribution in [3.8, 4) is 90.1 Å². The molecule has 4 aliphatic rings. The first-order valence-corrected chi connectivity index (χ1v) is 18.2. The van der Waals surface area contributed by atoms with Crippen molar-refractivity contribution in [2.75, 3.05) is 0 Å². The van der Waals surface area contributed by atoms with Crippen molar-refractivity contribution in [2.45, 2.75) is 6.42 Å². The summed E-state index contributed by atoms with van der Waals surface area (Å²) in [6.45, 7) is 0.0164. The van der Waals surface area contributed by atoms with Crippen molar-refractivity contribution in [3.63, 3.8) is 0 Å². The Hall–Kier alpha value is -6.78. The highest BCUT2D eigenvalue weighted by atomic mass is 16.5. The summed E-state index contributed by atoms with van der Waals surface area (Å²) in [5, 5.41) is 0. The van der Waals surface area contributed by atoms with Crippen LogP contribution in [0.4, 0.5) is 0 Å². The summed E-state index contributed by atoms with van der Waals surface area (Å²) in [7, 11) is 0. The quantitative estimate of drug-likeness (QED) is 0.174. The largest absolute Gasteiger partial charge is 0.458 e. The molecule has 53 heavy (non-hydrogen) atoms. The molecule has 0 atom stereocenters. The van der Waals surface area contributed by atoms with Crippen molar-refractivity contribution in [2.24, 2.45) is 0 Å². The van der Waals surface area contributed by atoms with Gasteiger partial charge in [-0.05, 0) is 116 Å². The zero-order valence-corrected chi connectivity index (χ0v) is 28.6. The molecule has 8 aromatic rings. The zero-order valence-electron chi connectivity index (χ0n) is 28.6. The Morgan fingerprint density at radius 3 is 1.36 bits per heavy atom. The molecule has 0 aromatic heterocycles. The van der Waals surface area contributed by atoms with Crippen LogP contribution in [0, 0.1) is 0 Å². The number of rotatable bonds is 4. The van der Waals surface area contributed by atoms with Crippen LogP contribution in [-0.2, 0) is 6.42 Å². The standard InChI is InChI=1S/C49H29BO3/c1-2-9-29(10-3-1)32-11-4-12-33(25-32)36-14-6-16-38-37-15-5-13-35(39(37)28-40(36)38)31-23-21-30(22-24-31)34-26-45-49-46(27-34)53-44-20-8-18-42-48(44)50(49)47-41(51-42)17-7-19-43(47)52-45/h1-27H,28H2. The fourth-order valence-electron chi connectivity index (χ4n) is 9.10. The second-order valence-corrected chi connectivity index (χ2v) is 14.3. The molecule has 1 aliphatic carbocycles. The molecule has 0 unspecified atom stereocenters. The smallest absolute Gasteiger partial charge is 0.270 e. The van der Waals surface area contributed by atoms with Gasteiger partial charge in [-0.15, -0.1) is 0 Å². The SMILES string of the molecule is c1ccc(-c2cccc(-c3cccc4c3Cc3c(-c5ccc(-c6cc7c8c(c6)Oc6cccc9c6B8c6c(cccc6O7)O9)cc5)cccc3-4)c2)cc1. The number of ether oxygens (including phenoxy) is 3. The number of hydrogen-bond donors (Lipinski definition) is 0. The third-order valence-electron chi connectivity index (χ3n) is 11.5. The van der Waals surface area contributed by atoms with E-state index in [1.54, 1.807) is 0 Å². The predicted octanol–water partition coefficient (Wildman–Crippen LogP) is 10.8. The molecule has 3 heterocycles. The van der Waals surface area contributed by atoms with Gasteiger partial charge in [0.15, 0.2) is 0 Å². The van der Waals surface area contributed by atoms with E-state index in [-0.39, 0.29) is 6.71 Å². The van der Waals surface area contributed by atoms with Gasteiger partial charge >= 0.3 is 0 Å². The number of hydrogen-bond acceptors (Lipinski definition) is 3. The van der Waals surface area contributed by atoms with E-state index < -0.39 is 0 Å². The Bertz CT molecular complexity index is 2760. The molecule has 0 saturated carbocycles. The molecular weight excluding hydrogens is 647 g/mol. The molecule has 4 heteroatoms. The Morgan fingerprint density at radius 1 is 0.302 bits per heavy atom. The van der Waals surface area contributed by atoms with E-state index in [1.807, 2.05) is 36.4 Å². The highest BCUT2D eigenvalue weighted by molar-refractivity contribution is 6.99. The highest BCUT2D eigenvalue weighted by Gasteiger charge is 2.46. The second-order valence-electron chi connectivity index (χ2n) is 14.3. The average molecular weight is 677 g/mol. The maximum atomic E-state index is 6.60. The summed E-state index contributed by atoms with van der Waals surface area (Å²) in [6.07, 6.45) is 0.899. The molecule has 8 aromatic carbocycles. The number of benzene rings is 8. The average Bonchev–Trinajstić information content (AvgIpc) is 3.61. The third-order valence-corrected chi connectivity index (χ3v) is 11.5. The van der Waals surface area contributed by atoms with Gasteiger partial charge in [0.1, 0.15) is 34.5 Å². The molecule has 0 N–H and O–H groups in total. The lowest BCUT2D eigenvalue weighted by atomic mass is 9.34. The van der Waals surface area contributed by atoms with Crippen LogP contribution in [0.3, 0.4) is 0 Å². The molecule has 12 rings (SSSR count). The van der Waals surface area contributed by atoms with Gasteiger partial charge in [0.25, 0.3) is 6.71 Å². The molecule has 0 amide bonds. The van der Waals surface area contributed by atoms with E-state index >= 15 is 0 Å². The molecular formula is C49H29BO3. The Labute approximate surface area is 307 Å².